The normalized spacial score (nSPS) is 11.9. The van der Waals surface area contributed by atoms with Crippen LogP contribution >= 0.6 is 0 Å². The van der Waals surface area contributed by atoms with Crippen LogP contribution in [0.1, 0.15) is 30.5 Å². The highest BCUT2D eigenvalue weighted by molar-refractivity contribution is 5.54. The average molecular weight is 270 g/mol. The Hall–Kier alpha value is -2.36. The minimum absolute atomic E-state index is 0.156. The molecular weight excluding hydrogens is 252 g/mol. The Morgan fingerprint density at radius 3 is 2.45 bits per heavy atom. The molecule has 4 nitrogen and oxygen atoms in total. The number of hydrogen-bond acceptors (Lipinski definition) is 3. The van der Waals surface area contributed by atoms with Crippen LogP contribution in [0, 0.1) is 17.0 Å². The largest absolute Gasteiger partial charge is 0.378 e. The van der Waals surface area contributed by atoms with Gasteiger partial charge in [0.15, 0.2) is 0 Å². The summed E-state index contributed by atoms with van der Waals surface area (Å²) in [6, 6.07) is 15.5. The molecule has 0 spiro atoms. The van der Waals surface area contributed by atoms with Gasteiger partial charge in [-0.15, -0.1) is 0 Å². The van der Waals surface area contributed by atoms with Gasteiger partial charge in [-0.2, -0.15) is 0 Å². The van der Waals surface area contributed by atoms with Gasteiger partial charge in [0.2, 0.25) is 0 Å². The standard InChI is InChI=1S/C16H18N2O2/c1-3-15(13-7-5-4-6-8-13)17-14-9-10-16(18(19)20)12(2)11-14/h4-11,15,17H,3H2,1-2H3. The topological polar surface area (TPSA) is 55.2 Å². The summed E-state index contributed by atoms with van der Waals surface area (Å²) in [5, 5.41) is 14.2. The third-order valence-corrected chi connectivity index (χ3v) is 3.34. The highest BCUT2D eigenvalue weighted by Crippen LogP contribution is 2.26. The molecule has 0 saturated carbocycles. The third kappa shape index (κ3) is 3.15. The van der Waals surface area contributed by atoms with Crippen LogP contribution in [0.2, 0.25) is 0 Å². The van der Waals surface area contributed by atoms with E-state index in [0.29, 0.717) is 5.56 Å². The van der Waals surface area contributed by atoms with Crippen molar-refractivity contribution in [3.05, 3.63) is 69.8 Å². The van der Waals surface area contributed by atoms with Crippen molar-refractivity contribution in [2.45, 2.75) is 26.3 Å². The van der Waals surface area contributed by atoms with Crippen LogP contribution in [-0.2, 0) is 0 Å². The Balaban J connectivity index is 2.20. The van der Waals surface area contributed by atoms with Gasteiger partial charge in [0, 0.05) is 17.3 Å². The second-order valence-corrected chi connectivity index (χ2v) is 4.77. The number of nitro benzene ring substituents is 1. The molecule has 0 amide bonds. The first kappa shape index (κ1) is 14.1. The fourth-order valence-electron chi connectivity index (χ4n) is 2.26. The lowest BCUT2D eigenvalue weighted by molar-refractivity contribution is -0.385. The van der Waals surface area contributed by atoms with E-state index in [9.17, 15) is 10.1 Å². The van der Waals surface area contributed by atoms with Gasteiger partial charge in [0.05, 0.1) is 11.0 Å². The summed E-state index contributed by atoms with van der Waals surface area (Å²) >= 11 is 0. The van der Waals surface area contributed by atoms with E-state index in [1.807, 2.05) is 24.3 Å². The maximum atomic E-state index is 10.8. The molecule has 2 rings (SSSR count). The van der Waals surface area contributed by atoms with E-state index >= 15 is 0 Å². The molecule has 0 aliphatic rings. The zero-order chi connectivity index (χ0) is 14.5. The first-order valence-electron chi connectivity index (χ1n) is 6.68. The number of anilines is 1. The van der Waals surface area contributed by atoms with Crippen LogP contribution in [-0.4, -0.2) is 4.92 Å². The van der Waals surface area contributed by atoms with Crippen LogP contribution in [0.15, 0.2) is 48.5 Å². The van der Waals surface area contributed by atoms with Gasteiger partial charge < -0.3 is 5.32 Å². The number of nitro groups is 1. The molecule has 2 aromatic rings. The lowest BCUT2D eigenvalue weighted by Gasteiger charge is -2.19. The van der Waals surface area contributed by atoms with Crippen molar-refractivity contribution in [3.8, 4) is 0 Å². The van der Waals surface area contributed by atoms with Crippen LogP contribution < -0.4 is 5.32 Å². The Bertz CT molecular complexity index is 597. The van der Waals surface area contributed by atoms with E-state index in [1.54, 1.807) is 19.1 Å². The predicted octanol–water partition coefficient (Wildman–Crippen LogP) is 4.47. The quantitative estimate of drug-likeness (QED) is 0.644. The highest BCUT2D eigenvalue weighted by Gasteiger charge is 2.13. The summed E-state index contributed by atoms with van der Waals surface area (Å²) in [4.78, 5) is 10.5. The number of aryl methyl sites for hydroxylation is 1. The number of nitrogens with one attached hydrogen (secondary N) is 1. The van der Waals surface area contributed by atoms with Gasteiger partial charge in [-0.1, -0.05) is 37.3 Å². The zero-order valence-corrected chi connectivity index (χ0v) is 11.7. The molecule has 1 atom stereocenters. The van der Waals surface area contributed by atoms with Crippen LogP contribution in [0.4, 0.5) is 11.4 Å². The molecule has 0 aromatic heterocycles. The van der Waals surface area contributed by atoms with Crippen molar-refractivity contribution in [1.29, 1.82) is 0 Å². The molecule has 0 heterocycles. The number of rotatable bonds is 5. The van der Waals surface area contributed by atoms with E-state index < -0.39 is 0 Å². The SMILES string of the molecule is CCC(Nc1ccc([N+](=O)[O-])c(C)c1)c1ccccc1. The van der Waals surface area contributed by atoms with Crippen molar-refractivity contribution in [2.75, 3.05) is 5.32 Å². The molecule has 104 valence electrons. The molecule has 1 N–H and O–H groups in total. The lowest BCUT2D eigenvalue weighted by Crippen LogP contribution is -2.09. The van der Waals surface area contributed by atoms with Crippen molar-refractivity contribution in [2.24, 2.45) is 0 Å². The summed E-state index contributed by atoms with van der Waals surface area (Å²) < 4.78 is 0. The van der Waals surface area contributed by atoms with Crippen molar-refractivity contribution in [3.63, 3.8) is 0 Å². The van der Waals surface area contributed by atoms with Crippen molar-refractivity contribution >= 4 is 11.4 Å². The Morgan fingerprint density at radius 2 is 1.90 bits per heavy atom. The van der Waals surface area contributed by atoms with Crippen molar-refractivity contribution in [1.82, 2.24) is 0 Å². The molecular formula is C16H18N2O2. The van der Waals surface area contributed by atoms with E-state index in [0.717, 1.165) is 12.1 Å². The monoisotopic (exact) mass is 270 g/mol. The lowest BCUT2D eigenvalue weighted by atomic mass is 10.0. The number of benzene rings is 2. The first-order chi connectivity index (χ1) is 9.61. The number of hydrogen-bond donors (Lipinski definition) is 1. The van der Waals surface area contributed by atoms with Gasteiger partial charge in [-0.05, 0) is 31.0 Å². The maximum absolute atomic E-state index is 10.8. The zero-order valence-electron chi connectivity index (χ0n) is 11.7. The molecule has 1 unspecified atom stereocenters. The van der Waals surface area contributed by atoms with E-state index in [4.69, 9.17) is 0 Å². The molecule has 0 bridgehead atoms. The average Bonchev–Trinajstić information content (AvgIpc) is 2.45. The Kier molecular flexibility index (Phi) is 4.35. The Morgan fingerprint density at radius 1 is 1.20 bits per heavy atom. The summed E-state index contributed by atoms with van der Waals surface area (Å²) in [7, 11) is 0. The first-order valence-corrected chi connectivity index (χ1v) is 6.68. The molecule has 4 heteroatoms. The maximum Gasteiger partial charge on any atom is 0.272 e. The van der Waals surface area contributed by atoms with Crippen LogP contribution in [0.25, 0.3) is 0 Å². The summed E-state index contributed by atoms with van der Waals surface area (Å²) in [6.07, 6.45) is 0.944. The molecule has 20 heavy (non-hydrogen) atoms. The third-order valence-electron chi connectivity index (χ3n) is 3.34. The van der Waals surface area contributed by atoms with Crippen LogP contribution in [0.3, 0.4) is 0 Å². The smallest absolute Gasteiger partial charge is 0.272 e. The molecule has 2 aromatic carbocycles. The second kappa shape index (κ2) is 6.19. The van der Waals surface area contributed by atoms with Crippen LogP contribution in [0.5, 0.6) is 0 Å². The molecule has 0 fully saturated rings. The highest BCUT2D eigenvalue weighted by atomic mass is 16.6. The molecule has 0 aliphatic heterocycles. The van der Waals surface area contributed by atoms with Gasteiger partial charge in [-0.25, -0.2) is 0 Å². The molecule has 0 aliphatic carbocycles. The summed E-state index contributed by atoms with van der Waals surface area (Å²) in [6.45, 7) is 3.87. The van der Waals surface area contributed by atoms with Gasteiger partial charge in [-0.3, -0.25) is 10.1 Å². The van der Waals surface area contributed by atoms with Gasteiger partial charge in [0.25, 0.3) is 5.69 Å². The minimum Gasteiger partial charge on any atom is -0.378 e. The molecule has 0 radical (unpaired) electrons. The summed E-state index contributed by atoms with van der Waals surface area (Å²) in [5.41, 5.74) is 2.95. The Labute approximate surface area is 118 Å². The second-order valence-electron chi connectivity index (χ2n) is 4.77. The van der Waals surface area contributed by atoms with Crippen molar-refractivity contribution < 1.29 is 4.92 Å². The molecule has 0 saturated heterocycles. The van der Waals surface area contributed by atoms with E-state index in [2.05, 4.69) is 24.4 Å². The fraction of sp³-hybridized carbons (Fsp3) is 0.250. The predicted molar refractivity (Wildman–Crippen MR) is 80.9 cm³/mol. The van der Waals surface area contributed by atoms with Gasteiger partial charge in [0.1, 0.15) is 0 Å². The minimum atomic E-state index is -0.354. The summed E-state index contributed by atoms with van der Waals surface area (Å²) in [5.74, 6) is 0. The fourth-order valence-corrected chi connectivity index (χ4v) is 2.26. The van der Waals surface area contributed by atoms with E-state index in [1.165, 1.54) is 5.56 Å². The van der Waals surface area contributed by atoms with Gasteiger partial charge >= 0.3 is 0 Å². The van der Waals surface area contributed by atoms with E-state index in [-0.39, 0.29) is 16.7 Å². The number of nitrogens with zero attached hydrogens (tertiary/aromatic N) is 1.